The third-order valence-corrected chi connectivity index (χ3v) is 11.3. The van der Waals surface area contributed by atoms with Crippen molar-refractivity contribution in [2.24, 2.45) is 11.8 Å². The number of Topliss-reactive ketones (excluding diaryl/α,β-unsaturated/α-hetero) is 2. The average Bonchev–Trinajstić information content (AvgIpc) is 3.24. The van der Waals surface area contributed by atoms with E-state index >= 15 is 0 Å². The Bertz CT molecular complexity index is 1310. The van der Waals surface area contributed by atoms with Crippen LogP contribution >= 0.6 is 0 Å². The second-order valence-corrected chi connectivity index (χ2v) is 13.2. The Balaban J connectivity index is 0.000000166. The number of aryl methyl sites for hydroxylation is 3. The smallest absolute Gasteiger partial charge is 0.337 e. The third kappa shape index (κ3) is 5.56. The number of carbonyl (C=O) groups is 3. The van der Waals surface area contributed by atoms with Crippen molar-refractivity contribution in [2.45, 2.75) is 121 Å². The molecule has 4 atom stereocenters. The van der Waals surface area contributed by atoms with E-state index in [1.54, 1.807) is 11.1 Å². The highest BCUT2D eigenvalue weighted by Crippen LogP contribution is 2.51. The van der Waals surface area contributed by atoms with Crippen LogP contribution in [0.5, 0.6) is 0 Å². The molecular formula is C37H48O4. The highest BCUT2D eigenvalue weighted by atomic mass is 16.5. The first-order chi connectivity index (χ1) is 19.8. The molecule has 0 spiro atoms. The summed E-state index contributed by atoms with van der Waals surface area (Å²) in [4.78, 5) is 35.6. The van der Waals surface area contributed by atoms with Crippen molar-refractivity contribution in [2.75, 3.05) is 7.11 Å². The molecule has 4 aliphatic rings. The number of rotatable bonds is 3. The Kier molecular flexibility index (Phi) is 8.87. The van der Waals surface area contributed by atoms with Crippen molar-refractivity contribution >= 4 is 17.5 Å². The van der Waals surface area contributed by atoms with E-state index in [0.717, 1.165) is 57.8 Å². The molecule has 0 saturated heterocycles. The average molecular weight is 557 g/mol. The lowest BCUT2D eigenvalue weighted by Crippen LogP contribution is -2.40. The summed E-state index contributed by atoms with van der Waals surface area (Å²) in [6.45, 7) is 6.75. The van der Waals surface area contributed by atoms with Crippen molar-refractivity contribution < 1.29 is 19.1 Å². The molecule has 0 unspecified atom stereocenters. The quantitative estimate of drug-likeness (QED) is 0.358. The number of fused-ring (bicyclic) bond motifs is 6. The van der Waals surface area contributed by atoms with Gasteiger partial charge in [-0.25, -0.2) is 4.79 Å². The van der Waals surface area contributed by atoms with Crippen LogP contribution in [0, 0.1) is 18.8 Å². The number of hydrogen-bond acceptors (Lipinski definition) is 4. The molecule has 2 fully saturated rings. The summed E-state index contributed by atoms with van der Waals surface area (Å²) in [6.07, 6.45) is 14.2. The van der Waals surface area contributed by atoms with Crippen LogP contribution in [-0.4, -0.2) is 24.6 Å². The molecule has 4 heteroatoms. The standard InChI is InChI=1S/C19H24O3.C18H24O/c1-3-19-10-9-16(20)12-15(19)6-4-5-13-11-14(18(21)22-2)7-8-17(13)19;1-3-18-10-9-16(19)12-15(18)6-4-5-14-11-13(2)7-8-17(14)18/h7-8,11,15H,3-6,9-10,12H2,1-2H3;7-8,11,15H,3-6,9-10,12H2,1-2H3/t15-,19+;15-,18+/m00/s1. The summed E-state index contributed by atoms with van der Waals surface area (Å²) in [5.41, 5.74) is 8.18. The van der Waals surface area contributed by atoms with Crippen LogP contribution in [0.3, 0.4) is 0 Å². The van der Waals surface area contributed by atoms with Crippen LogP contribution in [0.15, 0.2) is 36.4 Å². The first kappa shape index (κ1) is 29.7. The molecule has 0 aliphatic heterocycles. The molecule has 0 heterocycles. The Morgan fingerprint density at radius 2 is 1.29 bits per heavy atom. The van der Waals surface area contributed by atoms with Gasteiger partial charge in [0.15, 0.2) is 0 Å². The maximum absolute atomic E-state index is 11.9. The summed E-state index contributed by atoms with van der Waals surface area (Å²) in [5, 5.41) is 0. The van der Waals surface area contributed by atoms with Gasteiger partial charge in [-0.2, -0.15) is 0 Å². The van der Waals surface area contributed by atoms with Crippen LogP contribution < -0.4 is 0 Å². The van der Waals surface area contributed by atoms with Crippen LogP contribution in [0.2, 0.25) is 0 Å². The molecule has 4 nitrogen and oxygen atoms in total. The summed E-state index contributed by atoms with van der Waals surface area (Å²) in [6, 6.07) is 13.0. The van der Waals surface area contributed by atoms with Crippen molar-refractivity contribution in [3.8, 4) is 0 Å². The van der Waals surface area contributed by atoms with Crippen LogP contribution in [0.1, 0.15) is 129 Å². The molecule has 0 radical (unpaired) electrons. The highest BCUT2D eigenvalue weighted by molar-refractivity contribution is 5.89. The zero-order chi connectivity index (χ0) is 29.2. The van der Waals surface area contributed by atoms with E-state index in [-0.39, 0.29) is 16.8 Å². The number of methoxy groups -OCH3 is 1. The Hall–Kier alpha value is -2.75. The first-order valence-electron chi connectivity index (χ1n) is 16.1. The molecule has 41 heavy (non-hydrogen) atoms. The lowest BCUT2D eigenvalue weighted by Gasteiger charge is -2.43. The second kappa shape index (κ2) is 12.2. The molecule has 2 aromatic rings. The molecule has 2 aromatic carbocycles. The van der Waals surface area contributed by atoms with Crippen LogP contribution in [-0.2, 0) is 38.0 Å². The van der Waals surface area contributed by atoms with Gasteiger partial charge in [-0.05, 0) is 128 Å². The topological polar surface area (TPSA) is 60.4 Å². The highest BCUT2D eigenvalue weighted by Gasteiger charge is 2.46. The SMILES string of the molecule is CC[C@@]12CCC(=O)C[C@@H]1CCCc1cc(C(=O)OC)ccc12.CC[C@@]12CCC(=O)C[C@@H]1CCCc1cc(C)ccc12. The van der Waals surface area contributed by atoms with Gasteiger partial charge in [0.2, 0.25) is 0 Å². The fourth-order valence-corrected chi connectivity index (χ4v) is 9.08. The van der Waals surface area contributed by atoms with Gasteiger partial charge >= 0.3 is 5.97 Å². The molecule has 0 aromatic heterocycles. The summed E-state index contributed by atoms with van der Waals surface area (Å²) in [5.74, 6) is 1.69. The molecule has 220 valence electrons. The molecule has 0 N–H and O–H groups in total. The largest absolute Gasteiger partial charge is 0.465 e. The number of esters is 1. The monoisotopic (exact) mass is 556 g/mol. The predicted molar refractivity (Wildman–Crippen MR) is 163 cm³/mol. The van der Waals surface area contributed by atoms with E-state index in [2.05, 4.69) is 45.0 Å². The van der Waals surface area contributed by atoms with Gasteiger partial charge in [0.05, 0.1) is 12.7 Å². The van der Waals surface area contributed by atoms with E-state index in [0.29, 0.717) is 35.4 Å². The number of carbonyl (C=O) groups excluding carboxylic acids is 3. The van der Waals surface area contributed by atoms with E-state index < -0.39 is 0 Å². The summed E-state index contributed by atoms with van der Waals surface area (Å²) in [7, 11) is 1.42. The van der Waals surface area contributed by atoms with Gasteiger partial charge in [0.1, 0.15) is 11.6 Å². The molecule has 2 saturated carbocycles. The van der Waals surface area contributed by atoms with Gasteiger partial charge < -0.3 is 4.74 Å². The molecule has 6 rings (SSSR count). The van der Waals surface area contributed by atoms with Gasteiger partial charge in [0, 0.05) is 25.7 Å². The van der Waals surface area contributed by atoms with Crippen molar-refractivity contribution in [1.82, 2.24) is 0 Å². The van der Waals surface area contributed by atoms with Gasteiger partial charge in [-0.1, -0.05) is 43.7 Å². The zero-order valence-electron chi connectivity index (χ0n) is 25.7. The van der Waals surface area contributed by atoms with E-state index in [9.17, 15) is 14.4 Å². The normalized spacial score (nSPS) is 28.9. The van der Waals surface area contributed by atoms with E-state index in [4.69, 9.17) is 4.74 Å². The maximum Gasteiger partial charge on any atom is 0.337 e. The van der Waals surface area contributed by atoms with Crippen molar-refractivity contribution in [3.63, 3.8) is 0 Å². The summed E-state index contributed by atoms with van der Waals surface area (Å²) < 4.78 is 4.85. The van der Waals surface area contributed by atoms with Gasteiger partial charge in [-0.15, -0.1) is 0 Å². The minimum Gasteiger partial charge on any atom is -0.465 e. The van der Waals surface area contributed by atoms with E-state index in [1.807, 2.05) is 12.1 Å². The predicted octanol–water partition coefficient (Wildman–Crippen LogP) is 8.17. The molecule has 0 amide bonds. The second-order valence-electron chi connectivity index (χ2n) is 13.2. The van der Waals surface area contributed by atoms with Crippen molar-refractivity contribution in [3.05, 3.63) is 69.8 Å². The van der Waals surface area contributed by atoms with Crippen LogP contribution in [0.4, 0.5) is 0 Å². The minimum atomic E-state index is -0.270. The Morgan fingerprint density at radius 1 is 0.780 bits per heavy atom. The minimum absolute atomic E-state index is 0.119. The number of ether oxygens (including phenoxy) is 1. The van der Waals surface area contributed by atoms with Gasteiger partial charge in [0.25, 0.3) is 0 Å². The van der Waals surface area contributed by atoms with Crippen LogP contribution in [0.25, 0.3) is 0 Å². The fraction of sp³-hybridized carbons (Fsp3) is 0.595. The zero-order valence-corrected chi connectivity index (χ0v) is 25.7. The lowest BCUT2D eigenvalue weighted by molar-refractivity contribution is -0.124. The van der Waals surface area contributed by atoms with E-state index in [1.165, 1.54) is 49.5 Å². The van der Waals surface area contributed by atoms with Crippen molar-refractivity contribution in [1.29, 1.82) is 0 Å². The Labute approximate surface area is 246 Å². The first-order valence-corrected chi connectivity index (χ1v) is 16.1. The van der Waals surface area contributed by atoms with Gasteiger partial charge in [-0.3, -0.25) is 9.59 Å². The Morgan fingerprint density at radius 3 is 1.80 bits per heavy atom. The molecule has 0 bridgehead atoms. The molecular weight excluding hydrogens is 508 g/mol. The fourth-order valence-electron chi connectivity index (χ4n) is 9.08. The number of ketones is 2. The molecule has 4 aliphatic carbocycles. The third-order valence-electron chi connectivity index (χ3n) is 11.3. The summed E-state index contributed by atoms with van der Waals surface area (Å²) >= 11 is 0. The number of hydrogen-bond donors (Lipinski definition) is 0. The number of benzene rings is 2. The lowest BCUT2D eigenvalue weighted by atomic mass is 9.60. The maximum atomic E-state index is 11.9.